The van der Waals surface area contributed by atoms with Crippen LogP contribution in [0.25, 0.3) is 10.2 Å². The first kappa shape index (κ1) is 21.4. The summed E-state index contributed by atoms with van der Waals surface area (Å²) in [7, 11) is 0. The van der Waals surface area contributed by atoms with Gasteiger partial charge in [-0.15, -0.1) is 11.3 Å². The Morgan fingerprint density at radius 1 is 1.21 bits per heavy atom. The van der Waals surface area contributed by atoms with E-state index < -0.39 is 0 Å². The molecule has 2 aromatic rings. The van der Waals surface area contributed by atoms with E-state index in [1.54, 1.807) is 11.3 Å². The molecule has 2 heterocycles. The van der Waals surface area contributed by atoms with Crippen molar-refractivity contribution >= 4 is 27.4 Å². The van der Waals surface area contributed by atoms with Crippen LogP contribution in [0.1, 0.15) is 82.3 Å². The zero-order valence-corrected chi connectivity index (χ0v) is 20.3. The average Bonchev–Trinajstić information content (AvgIpc) is 3.34. The van der Waals surface area contributed by atoms with Gasteiger partial charge in [0.15, 0.2) is 0 Å². The zero-order valence-electron chi connectivity index (χ0n) is 19.5. The third-order valence-electron chi connectivity index (χ3n) is 10.4. The molecule has 6 rings (SSSR count). The number of nitriles is 1. The SMILES string of the molecule is C[C@]12CC[C@H](O)CC1=CC[C@@H]1[C@@H]2CC[C@]2(C)C(c3csc4[nH]c(N)c(C#N)c(=O)c34)CC[C@@H]12. The molecule has 0 aliphatic heterocycles. The maximum absolute atomic E-state index is 13.2. The van der Waals surface area contributed by atoms with E-state index in [0.717, 1.165) is 42.5 Å². The number of nitrogens with one attached hydrogen (secondary N) is 1. The van der Waals surface area contributed by atoms with E-state index in [2.05, 4.69) is 30.3 Å². The Kier molecular flexibility index (Phi) is 4.68. The lowest BCUT2D eigenvalue weighted by atomic mass is 9.47. The van der Waals surface area contributed by atoms with E-state index in [1.807, 2.05) is 6.07 Å². The molecule has 0 amide bonds. The second-order valence-electron chi connectivity index (χ2n) is 11.6. The van der Waals surface area contributed by atoms with Crippen LogP contribution in [-0.4, -0.2) is 16.2 Å². The van der Waals surface area contributed by atoms with E-state index in [0.29, 0.717) is 29.1 Å². The molecule has 174 valence electrons. The van der Waals surface area contributed by atoms with Gasteiger partial charge in [0.1, 0.15) is 22.3 Å². The van der Waals surface area contributed by atoms with Crippen molar-refractivity contribution in [3.8, 4) is 6.07 Å². The Labute approximate surface area is 198 Å². The van der Waals surface area contributed by atoms with Crippen molar-refractivity contribution in [2.75, 3.05) is 5.73 Å². The van der Waals surface area contributed by atoms with Crippen molar-refractivity contribution in [3.05, 3.63) is 38.4 Å². The second-order valence-corrected chi connectivity index (χ2v) is 12.5. The molecule has 4 aliphatic rings. The fraction of sp³-hybridized carbons (Fsp3) is 0.630. The van der Waals surface area contributed by atoms with Crippen LogP contribution in [0.15, 0.2) is 21.8 Å². The van der Waals surface area contributed by atoms with Crippen molar-refractivity contribution in [1.82, 2.24) is 4.98 Å². The molecule has 3 fully saturated rings. The molecule has 6 heteroatoms. The number of aliphatic hydroxyl groups excluding tert-OH is 1. The molecule has 0 radical (unpaired) electrons. The van der Waals surface area contributed by atoms with Gasteiger partial charge in [0.25, 0.3) is 0 Å². The number of aliphatic hydroxyl groups is 1. The van der Waals surface area contributed by atoms with Gasteiger partial charge in [-0.25, -0.2) is 0 Å². The monoisotopic (exact) mass is 463 g/mol. The molecular formula is C27H33N3O2S. The van der Waals surface area contributed by atoms with Gasteiger partial charge in [0, 0.05) is 0 Å². The fourth-order valence-corrected chi connectivity index (χ4v) is 9.67. The predicted molar refractivity (Wildman–Crippen MR) is 132 cm³/mol. The molecule has 1 unspecified atom stereocenters. The van der Waals surface area contributed by atoms with Crippen LogP contribution >= 0.6 is 11.3 Å². The summed E-state index contributed by atoms with van der Waals surface area (Å²) >= 11 is 1.55. The Balaban J connectivity index is 1.39. The molecular weight excluding hydrogens is 430 g/mol. The van der Waals surface area contributed by atoms with Crippen molar-refractivity contribution < 1.29 is 5.11 Å². The van der Waals surface area contributed by atoms with Gasteiger partial charge in [0.2, 0.25) is 5.43 Å². The van der Waals surface area contributed by atoms with E-state index in [-0.39, 0.29) is 33.7 Å². The Morgan fingerprint density at radius 3 is 2.82 bits per heavy atom. The molecule has 0 saturated heterocycles. The summed E-state index contributed by atoms with van der Waals surface area (Å²) in [5.74, 6) is 2.57. The van der Waals surface area contributed by atoms with Crippen LogP contribution in [0.3, 0.4) is 0 Å². The van der Waals surface area contributed by atoms with Gasteiger partial charge < -0.3 is 15.8 Å². The van der Waals surface area contributed by atoms with E-state index in [9.17, 15) is 15.2 Å². The number of thiophene rings is 1. The van der Waals surface area contributed by atoms with Crippen LogP contribution in [0.5, 0.6) is 0 Å². The number of rotatable bonds is 1. The number of hydrogen-bond donors (Lipinski definition) is 3. The topological polar surface area (TPSA) is 103 Å². The summed E-state index contributed by atoms with van der Waals surface area (Å²) in [6, 6.07) is 2.01. The summed E-state index contributed by atoms with van der Waals surface area (Å²) in [5, 5.41) is 22.6. The van der Waals surface area contributed by atoms with E-state index in [1.165, 1.54) is 24.8 Å². The third-order valence-corrected chi connectivity index (χ3v) is 11.3. The Morgan fingerprint density at radius 2 is 2.03 bits per heavy atom. The normalized spacial score (nSPS) is 39.9. The van der Waals surface area contributed by atoms with Gasteiger partial charge in [-0.05, 0) is 96.8 Å². The summed E-state index contributed by atoms with van der Waals surface area (Å²) in [4.78, 5) is 17.1. The molecule has 5 nitrogen and oxygen atoms in total. The summed E-state index contributed by atoms with van der Waals surface area (Å²) in [6.45, 7) is 4.94. The zero-order chi connectivity index (χ0) is 23.1. The maximum Gasteiger partial charge on any atom is 0.210 e. The molecule has 3 saturated carbocycles. The minimum absolute atomic E-state index is 0.0444. The highest BCUT2D eigenvalue weighted by atomic mass is 32.1. The average molecular weight is 464 g/mol. The van der Waals surface area contributed by atoms with Crippen molar-refractivity contribution in [3.63, 3.8) is 0 Å². The number of hydrogen-bond acceptors (Lipinski definition) is 5. The highest BCUT2D eigenvalue weighted by Gasteiger charge is 2.59. The number of nitrogen functional groups attached to an aromatic ring is 1. The van der Waals surface area contributed by atoms with Gasteiger partial charge in [0.05, 0.1) is 11.5 Å². The summed E-state index contributed by atoms with van der Waals surface area (Å²) in [5.41, 5.74) is 8.85. The van der Waals surface area contributed by atoms with Crippen LogP contribution in [0.2, 0.25) is 0 Å². The number of H-pyrrole nitrogens is 1. The van der Waals surface area contributed by atoms with E-state index in [4.69, 9.17) is 5.73 Å². The van der Waals surface area contributed by atoms with Crippen LogP contribution in [0, 0.1) is 39.9 Å². The molecule has 0 bridgehead atoms. The predicted octanol–water partition coefficient (Wildman–Crippen LogP) is 5.45. The number of fused-ring (bicyclic) bond motifs is 6. The highest BCUT2D eigenvalue weighted by Crippen LogP contribution is 2.68. The summed E-state index contributed by atoms with van der Waals surface area (Å²) < 4.78 is 0. The minimum Gasteiger partial charge on any atom is -0.393 e. The Bertz CT molecular complexity index is 1270. The molecule has 4 aliphatic carbocycles. The van der Waals surface area contributed by atoms with Crippen molar-refractivity contribution in [1.29, 1.82) is 5.26 Å². The number of pyridine rings is 1. The lowest BCUT2D eigenvalue weighted by Crippen LogP contribution is -2.50. The van der Waals surface area contributed by atoms with Gasteiger partial charge in [-0.3, -0.25) is 4.79 Å². The highest BCUT2D eigenvalue weighted by molar-refractivity contribution is 7.17. The number of aromatic amines is 1. The molecule has 7 atom stereocenters. The number of aromatic nitrogens is 1. The molecule has 0 spiro atoms. The smallest absolute Gasteiger partial charge is 0.210 e. The largest absolute Gasteiger partial charge is 0.393 e. The molecule has 33 heavy (non-hydrogen) atoms. The lowest BCUT2D eigenvalue weighted by Gasteiger charge is -2.58. The van der Waals surface area contributed by atoms with E-state index >= 15 is 0 Å². The van der Waals surface area contributed by atoms with Crippen LogP contribution in [0.4, 0.5) is 5.82 Å². The van der Waals surface area contributed by atoms with Gasteiger partial charge >= 0.3 is 0 Å². The Hall–Kier alpha value is -2.10. The fourth-order valence-electron chi connectivity index (χ4n) is 8.65. The maximum atomic E-state index is 13.2. The minimum atomic E-state index is -0.209. The number of nitrogens with zero attached hydrogens (tertiary/aromatic N) is 1. The van der Waals surface area contributed by atoms with Crippen molar-refractivity contribution in [2.45, 2.75) is 77.2 Å². The first-order valence-electron chi connectivity index (χ1n) is 12.5. The second kappa shape index (κ2) is 7.20. The summed E-state index contributed by atoms with van der Waals surface area (Å²) in [6.07, 6.45) is 11.1. The number of allylic oxidation sites excluding steroid dienone is 1. The molecule has 2 aromatic heterocycles. The standard InChI is InChI=1S/C27H33N3O2S/c1-26-9-7-15(31)11-14(26)3-4-16-19-5-6-20(27(19,2)10-8-21(16)26)18-13-33-25-22(18)23(32)17(12-28)24(29)30-25/h3,13,15-16,19-21,31H,4-11H2,1-2H3,(H3,29,30,32)/t15-,16-,19-,20?,21-,26-,27-/m0/s1. The quantitative estimate of drug-likeness (QED) is 0.489. The van der Waals surface area contributed by atoms with Crippen LogP contribution < -0.4 is 11.2 Å². The lowest BCUT2D eigenvalue weighted by molar-refractivity contribution is -0.0408. The van der Waals surface area contributed by atoms with Gasteiger partial charge in [-0.1, -0.05) is 25.5 Å². The third kappa shape index (κ3) is 2.82. The number of anilines is 1. The first-order chi connectivity index (χ1) is 15.8. The number of nitrogens with two attached hydrogens (primary N) is 1. The van der Waals surface area contributed by atoms with Crippen molar-refractivity contribution in [2.24, 2.45) is 28.6 Å². The first-order valence-corrected chi connectivity index (χ1v) is 13.4. The van der Waals surface area contributed by atoms with Gasteiger partial charge in [-0.2, -0.15) is 5.26 Å². The molecule has 4 N–H and O–H groups in total. The van der Waals surface area contributed by atoms with Crippen LogP contribution in [-0.2, 0) is 0 Å². The molecule has 0 aromatic carbocycles.